The molecule has 0 aromatic carbocycles. The largest absolute Gasteiger partial charge is 0.472 e. The van der Waals surface area contributed by atoms with Crippen LogP contribution in [0.4, 0.5) is 0 Å². The predicted octanol–water partition coefficient (Wildman–Crippen LogP) is 0.785. The molecule has 0 spiro atoms. The standard InChI is InChI=1S/C10H14O5/c1-3-13-8(11)10(6-5-7-15-10)9(12)14-4-2/h5,7H,3-4,6H2,1-2H3. The maximum absolute atomic E-state index is 11.6. The molecule has 1 rings (SSSR count). The molecule has 1 aliphatic heterocycles. The van der Waals surface area contributed by atoms with Crippen LogP contribution in [0.25, 0.3) is 0 Å². The van der Waals surface area contributed by atoms with Crippen molar-refractivity contribution in [3.05, 3.63) is 12.3 Å². The smallest absolute Gasteiger partial charge is 0.362 e. The summed E-state index contributed by atoms with van der Waals surface area (Å²) in [5.41, 5.74) is -1.62. The summed E-state index contributed by atoms with van der Waals surface area (Å²) < 4.78 is 14.6. The van der Waals surface area contributed by atoms with Gasteiger partial charge in [-0.05, 0) is 19.9 Å². The van der Waals surface area contributed by atoms with Crippen LogP contribution in [0.2, 0.25) is 0 Å². The van der Waals surface area contributed by atoms with Gasteiger partial charge in [-0.2, -0.15) is 0 Å². The molecule has 0 atom stereocenters. The lowest BCUT2D eigenvalue weighted by Crippen LogP contribution is -2.48. The lowest BCUT2D eigenvalue weighted by molar-refractivity contribution is -0.181. The second-order valence-electron chi connectivity index (χ2n) is 2.96. The Balaban J connectivity index is 2.79. The van der Waals surface area contributed by atoms with Crippen LogP contribution in [-0.4, -0.2) is 30.8 Å². The summed E-state index contributed by atoms with van der Waals surface area (Å²) in [6.07, 6.45) is 3.06. The zero-order chi connectivity index (χ0) is 11.3. The summed E-state index contributed by atoms with van der Waals surface area (Å²) in [6.45, 7) is 3.73. The van der Waals surface area contributed by atoms with Gasteiger partial charge in [-0.1, -0.05) is 0 Å². The van der Waals surface area contributed by atoms with Crippen molar-refractivity contribution < 1.29 is 23.8 Å². The number of carbonyl (C=O) groups is 2. The molecular formula is C10H14O5. The van der Waals surface area contributed by atoms with Gasteiger partial charge in [0.2, 0.25) is 0 Å². The third-order valence-corrected chi connectivity index (χ3v) is 1.98. The van der Waals surface area contributed by atoms with Gasteiger partial charge in [-0.25, -0.2) is 9.59 Å². The van der Waals surface area contributed by atoms with E-state index in [4.69, 9.17) is 14.2 Å². The molecule has 0 aliphatic carbocycles. The number of hydrogen-bond donors (Lipinski definition) is 0. The van der Waals surface area contributed by atoms with E-state index in [1.165, 1.54) is 6.26 Å². The lowest BCUT2D eigenvalue weighted by Gasteiger charge is -2.23. The summed E-state index contributed by atoms with van der Waals surface area (Å²) in [5.74, 6) is -1.40. The van der Waals surface area contributed by atoms with Gasteiger partial charge in [0.15, 0.2) is 0 Å². The van der Waals surface area contributed by atoms with Gasteiger partial charge in [-0.3, -0.25) is 0 Å². The highest BCUT2D eigenvalue weighted by Crippen LogP contribution is 2.26. The Bertz CT molecular complexity index is 254. The lowest BCUT2D eigenvalue weighted by atomic mass is 10.0. The molecule has 1 heterocycles. The number of rotatable bonds is 4. The van der Waals surface area contributed by atoms with Crippen LogP contribution in [0.15, 0.2) is 12.3 Å². The summed E-state index contributed by atoms with van der Waals surface area (Å²) >= 11 is 0. The molecule has 0 radical (unpaired) electrons. The SMILES string of the molecule is CCOC(=O)C1(C(=O)OCC)CC=CO1. The van der Waals surface area contributed by atoms with Crippen LogP contribution in [0.1, 0.15) is 20.3 Å². The molecule has 0 amide bonds. The molecule has 0 saturated heterocycles. The van der Waals surface area contributed by atoms with Crippen LogP contribution < -0.4 is 0 Å². The second kappa shape index (κ2) is 4.82. The molecule has 1 aliphatic rings. The molecular weight excluding hydrogens is 200 g/mol. The Kier molecular flexibility index (Phi) is 3.71. The first-order valence-electron chi connectivity index (χ1n) is 4.84. The van der Waals surface area contributed by atoms with Gasteiger partial charge in [0.05, 0.1) is 19.5 Å². The fourth-order valence-electron chi connectivity index (χ4n) is 1.27. The van der Waals surface area contributed by atoms with Crippen molar-refractivity contribution in [2.75, 3.05) is 13.2 Å². The fraction of sp³-hybridized carbons (Fsp3) is 0.600. The minimum Gasteiger partial charge on any atom is -0.472 e. The Hall–Kier alpha value is -1.52. The van der Waals surface area contributed by atoms with E-state index in [2.05, 4.69) is 0 Å². The Morgan fingerprint density at radius 1 is 1.27 bits per heavy atom. The van der Waals surface area contributed by atoms with E-state index >= 15 is 0 Å². The quantitative estimate of drug-likeness (QED) is 0.511. The van der Waals surface area contributed by atoms with E-state index in [-0.39, 0.29) is 19.6 Å². The average Bonchev–Trinajstić information content (AvgIpc) is 2.68. The van der Waals surface area contributed by atoms with Crippen molar-refractivity contribution >= 4 is 11.9 Å². The zero-order valence-corrected chi connectivity index (χ0v) is 8.82. The third kappa shape index (κ3) is 2.11. The highest BCUT2D eigenvalue weighted by Gasteiger charge is 2.52. The van der Waals surface area contributed by atoms with Crippen molar-refractivity contribution in [2.45, 2.75) is 25.9 Å². The Labute approximate surface area is 88.0 Å². The van der Waals surface area contributed by atoms with Gasteiger partial charge in [0, 0.05) is 6.42 Å². The first-order chi connectivity index (χ1) is 7.17. The van der Waals surface area contributed by atoms with Gasteiger partial charge < -0.3 is 14.2 Å². The molecule has 5 heteroatoms. The highest BCUT2D eigenvalue weighted by atomic mass is 16.6. The predicted molar refractivity (Wildman–Crippen MR) is 50.8 cm³/mol. The van der Waals surface area contributed by atoms with E-state index in [0.29, 0.717) is 0 Å². The molecule has 0 saturated carbocycles. The van der Waals surface area contributed by atoms with Crippen LogP contribution in [0, 0.1) is 0 Å². The van der Waals surface area contributed by atoms with Gasteiger partial charge in [0.1, 0.15) is 0 Å². The summed E-state index contributed by atoms with van der Waals surface area (Å²) in [6, 6.07) is 0. The summed E-state index contributed by atoms with van der Waals surface area (Å²) in [4.78, 5) is 23.2. The molecule has 0 N–H and O–H groups in total. The average molecular weight is 214 g/mol. The fourth-order valence-corrected chi connectivity index (χ4v) is 1.27. The Morgan fingerprint density at radius 3 is 2.13 bits per heavy atom. The van der Waals surface area contributed by atoms with E-state index in [0.717, 1.165) is 0 Å². The number of ether oxygens (including phenoxy) is 3. The van der Waals surface area contributed by atoms with Gasteiger partial charge in [0.25, 0.3) is 0 Å². The van der Waals surface area contributed by atoms with E-state index in [1.807, 2.05) is 0 Å². The molecule has 5 nitrogen and oxygen atoms in total. The van der Waals surface area contributed by atoms with Crippen molar-refractivity contribution in [1.82, 2.24) is 0 Å². The number of esters is 2. The molecule has 0 unspecified atom stereocenters. The van der Waals surface area contributed by atoms with Crippen molar-refractivity contribution in [3.63, 3.8) is 0 Å². The third-order valence-electron chi connectivity index (χ3n) is 1.98. The molecule has 84 valence electrons. The topological polar surface area (TPSA) is 61.8 Å². The van der Waals surface area contributed by atoms with Gasteiger partial charge in [-0.15, -0.1) is 0 Å². The van der Waals surface area contributed by atoms with Crippen molar-refractivity contribution in [1.29, 1.82) is 0 Å². The maximum atomic E-state index is 11.6. The molecule has 0 bridgehead atoms. The maximum Gasteiger partial charge on any atom is 0.362 e. The van der Waals surface area contributed by atoms with Crippen molar-refractivity contribution in [3.8, 4) is 0 Å². The van der Waals surface area contributed by atoms with Crippen molar-refractivity contribution in [2.24, 2.45) is 0 Å². The van der Waals surface area contributed by atoms with Gasteiger partial charge >= 0.3 is 17.5 Å². The van der Waals surface area contributed by atoms with Crippen LogP contribution in [-0.2, 0) is 23.8 Å². The number of carbonyl (C=O) groups excluding carboxylic acids is 2. The first-order valence-corrected chi connectivity index (χ1v) is 4.84. The number of hydrogen-bond acceptors (Lipinski definition) is 5. The molecule has 0 aromatic rings. The van der Waals surface area contributed by atoms with E-state index < -0.39 is 17.5 Å². The Morgan fingerprint density at radius 2 is 1.80 bits per heavy atom. The molecule has 0 aromatic heterocycles. The minimum atomic E-state index is -1.62. The van der Waals surface area contributed by atoms with E-state index in [9.17, 15) is 9.59 Å². The van der Waals surface area contributed by atoms with Crippen LogP contribution in [0.3, 0.4) is 0 Å². The van der Waals surface area contributed by atoms with E-state index in [1.54, 1.807) is 19.9 Å². The summed E-state index contributed by atoms with van der Waals surface area (Å²) in [5, 5.41) is 0. The summed E-state index contributed by atoms with van der Waals surface area (Å²) in [7, 11) is 0. The second-order valence-corrected chi connectivity index (χ2v) is 2.96. The monoisotopic (exact) mass is 214 g/mol. The highest BCUT2D eigenvalue weighted by molar-refractivity contribution is 6.04. The molecule has 15 heavy (non-hydrogen) atoms. The molecule has 0 fully saturated rings. The first kappa shape index (κ1) is 11.6. The normalized spacial score (nSPS) is 16.9. The van der Waals surface area contributed by atoms with Crippen LogP contribution in [0.5, 0.6) is 0 Å². The van der Waals surface area contributed by atoms with Crippen LogP contribution >= 0.6 is 0 Å². The zero-order valence-electron chi connectivity index (χ0n) is 8.82. The minimum absolute atomic E-state index is 0.157.